The number of benzene rings is 1. The van der Waals surface area contributed by atoms with Gasteiger partial charge in [0.15, 0.2) is 4.77 Å². The minimum Gasteiger partial charge on any atom is -0.338 e. The lowest BCUT2D eigenvalue weighted by atomic mass is 9.91. The highest BCUT2D eigenvalue weighted by Crippen LogP contribution is 2.23. The molecule has 0 saturated carbocycles. The number of aromatic amines is 1. The fourth-order valence-electron chi connectivity index (χ4n) is 4.48. The van der Waals surface area contributed by atoms with Crippen LogP contribution in [0.4, 0.5) is 0 Å². The van der Waals surface area contributed by atoms with Crippen molar-refractivity contribution in [3.05, 3.63) is 38.9 Å². The molecule has 2 aromatic rings. The summed E-state index contributed by atoms with van der Waals surface area (Å²) >= 11 is 5.46. The molecule has 0 radical (unpaired) electrons. The van der Waals surface area contributed by atoms with Crippen LogP contribution in [0, 0.1) is 16.6 Å². The Morgan fingerprint density at radius 1 is 1.21 bits per heavy atom. The number of quaternary nitrogens is 1. The lowest BCUT2D eigenvalue weighted by molar-refractivity contribution is -0.897. The minimum absolute atomic E-state index is 0.0268. The van der Waals surface area contributed by atoms with Crippen molar-refractivity contribution in [2.45, 2.75) is 40.7 Å². The molecule has 1 fully saturated rings. The van der Waals surface area contributed by atoms with E-state index in [-0.39, 0.29) is 11.5 Å². The number of piperidine rings is 1. The van der Waals surface area contributed by atoms with Crippen LogP contribution in [0.3, 0.4) is 0 Å². The zero-order valence-corrected chi connectivity index (χ0v) is 18.8. The summed E-state index contributed by atoms with van der Waals surface area (Å²) in [7, 11) is 0. The van der Waals surface area contributed by atoms with Gasteiger partial charge in [-0.05, 0) is 62.5 Å². The third-order valence-electron chi connectivity index (χ3n) is 6.07. The Balaban J connectivity index is 1.89. The van der Waals surface area contributed by atoms with Crippen LogP contribution < -0.4 is 10.5 Å². The quantitative estimate of drug-likeness (QED) is 0.708. The van der Waals surface area contributed by atoms with Gasteiger partial charge in [0, 0.05) is 18.7 Å². The summed E-state index contributed by atoms with van der Waals surface area (Å²) in [4.78, 5) is 32.5. The van der Waals surface area contributed by atoms with E-state index in [0.29, 0.717) is 39.6 Å². The van der Waals surface area contributed by atoms with Crippen molar-refractivity contribution in [2.75, 3.05) is 32.7 Å². The molecular weight excluding hydrogens is 384 g/mol. The number of hydrogen-bond donors (Lipinski definition) is 2. The predicted molar refractivity (Wildman–Crippen MR) is 119 cm³/mol. The standard InChI is InChI=1S/C22H32N4O2S/c1-5-24(6-2)9-10-26-21(28)18-8-7-17(12-19(18)23-22(26)29)20(27)25-13-15(3)11-16(4)14-25/h7-8,12,15-16H,5-6,9-11,13-14H2,1-4H3,(H,23,29)/p+1. The summed E-state index contributed by atoms with van der Waals surface area (Å²) in [6.07, 6.45) is 1.16. The summed E-state index contributed by atoms with van der Waals surface area (Å²) in [5.41, 5.74) is 1.15. The first kappa shape index (κ1) is 21.7. The van der Waals surface area contributed by atoms with Gasteiger partial charge in [0.25, 0.3) is 11.5 Å². The van der Waals surface area contributed by atoms with Gasteiger partial charge >= 0.3 is 0 Å². The van der Waals surface area contributed by atoms with Crippen LogP contribution in [-0.4, -0.2) is 53.1 Å². The van der Waals surface area contributed by atoms with Gasteiger partial charge in [0.1, 0.15) is 0 Å². The number of likely N-dealkylation sites (N-methyl/N-ethyl adjacent to an activating group) is 1. The van der Waals surface area contributed by atoms with Crippen LogP contribution in [0.15, 0.2) is 23.0 Å². The predicted octanol–water partition coefficient (Wildman–Crippen LogP) is 2.10. The molecule has 1 saturated heterocycles. The Hall–Kier alpha value is -1.99. The smallest absolute Gasteiger partial charge is 0.262 e. The number of rotatable bonds is 6. The number of nitrogens with zero attached hydrogens (tertiary/aromatic N) is 2. The van der Waals surface area contributed by atoms with Crippen molar-refractivity contribution in [1.82, 2.24) is 14.5 Å². The van der Waals surface area contributed by atoms with Crippen LogP contribution in [0.2, 0.25) is 0 Å². The van der Waals surface area contributed by atoms with Crippen molar-refractivity contribution < 1.29 is 9.69 Å². The van der Waals surface area contributed by atoms with Crippen molar-refractivity contribution in [3.63, 3.8) is 0 Å². The molecule has 2 heterocycles. The first-order valence-corrected chi connectivity index (χ1v) is 11.1. The van der Waals surface area contributed by atoms with E-state index in [2.05, 4.69) is 32.7 Å². The molecule has 1 aliphatic rings. The van der Waals surface area contributed by atoms with Crippen LogP contribution >= 0.6 is 12.2 Å². The number of hydrogen-bond acceptors (Lipinski definition) is 3. The summed E-state index contributed by atoms with van der Waals surface area (Å²) in [5.74, 6) is 1.04. The van der Waals surface area contributed by atoms with Gasteiger partial charge in [0.2, 0.25) is 0 Å². The Kier molecular flexibility index (Phi) is 6.90. The molecule has 6 nitrogen and oxygen atoms in total. The molecule has 29 heavy (non-hydrogen) atoms. The minimum atomic E-state index is -0.0884. The van der Waals surface area contributed by atoms with Gasteiger partial charge < -0.3 is 14.8 Å². The van der Waals surface area contributed by atoms with Crippen molar-refractivity contribution in [2.24, 2.45) is 11.8 Å². The fraction of sp³-hybridized carbons (Fsp3) is 0.591. The van der Waals surface area contributed by atoms with Crippen LogP contribution in [0.5, 0.6) is 0 Å². The van der Waals surface area contributed by atoms with Crippen molar-refractivity contribution >= 4 is 29.0 Å². The number of fused-ring (bicyclic) bond motifs is 1. The molecular formula is C22H33N4O2S+. The molecule has 3 rings (SSSR count). The Labute approximate surface area is 177 Å². The van der Waals surface area contributed by atoms with E-state index in [0.717, 1.165) is 39.1 Å². The summed E-state index contributed by atoms with van der Waals surface area (Å²) < 4.78 is 2.05. The molecule has 0 spiro atoms. The molecule has 7 heteroatoms. The Morgan fingerprint density at radius 2 is 1.86 bits per heavy atom. The van der Waals surface area contributed by atoms with E-state index in [1.807, 2.05) is 4.90 Å². The van der Waals surface area contributed by atoms with Crippen LogP contribution in [0.25, 0.3) is 10.9 Å². The Bertz CT molecular complexity index is 982. The largest absolute Gasteiger partial charge is 0.338 e. The second-order valence-electron chi connectivity index (χ2n) is 8.51. The number of aromatic nitrogens is 2. The fourth-order valence-corrected chi connectivity index (χ4v) is 4.76. The number of carbonyl (C=O) groups excluding carboxylic acids is 1. The molecule has 2 N–H and O–H groups in total. The zero-order chi connectivity index (χ0) is 21.1. The maximum absolute atomic E-state index is 13.0. The highest BCUT2D eigenvalue weighted by molar-refractivity contribution is 7.71. The van der Waals surface area contributed by atoms with E-state index in [1.54, 1.807) is 22.8 Å². The van der Waals surface area contributed by atoms with Gasteiger partial charge in [0.05, 0.1) is 37.1 Å². The van der Waals surface area contributed by atoms with E-state index in [9.17, 15) is 9.59 Å². The molecule has 0 aliphatic carbocycles. The molecule has 1 aromatic carbocycles. The second-order valence-corrected chi connectivity index (χ2v) is 8.90. The summed E-state index contributed by atoms with van der Waals surface area (Å²) in [6.45, 7) is 13.7. The molecule has 1 aromatic heterocycles. The average molecular weight is 418 g/mol. The summed E-state index contributed by atoms with van der Waals surface area (Å²) in [6, 6.07) is 5.30. The number of nitrogens with one attached hydrogen (secondary N) is 2. The lowest BCUT2D eigenvalue weighted by Gasteiger charge is -2.35. The molecule has 1 aliphatic heterocycles. The zero-order valence-electron chi connectivity index (χ0n) is 18.0. The highest BCUT2D eigenvalue weighted by Gasteiger charge is 2.26. The van der Waals surface area contributed by atoms with E-state index >= 15 is 0 Å². The van der Waals surface area contributed by atoms with E-state index in [4.69, 9.17) is 12.2 Å². The van der Waals surface area contributed by atoms with Crippen LogP contribution in [-0.2, 0) is 6.54 Å². The maximum Gasteiger partial charge on any atom is 0.262 e. The topological polar surface area (TPSA) is 62.5 Å². The van der Waals surface area contributed by atoms with Gasteiger partial charge in [-0.2, -0.15) is 0 Å². The van der Waals surface area contributed by atoms with Crippen molar-refractivity contribution in [1.29, 1.82) is 0 Å². The number of H-pyrrole nitrogens is 1. The average Bonchev–Trinajstić information content (AvgIpc) is 2.69. The Morgan fingerprint density at radius 3 is 2.48 bits per heavy atom. The highest BCUT2D eigenvalue weighted by atomic mass is 32.1. The van der Waals surface area contributed by atoms with Gasteiger partial charge in [-0.15, -0.1) is 0 Å². The molecule has 1 amide bonds. The second kappa shape index (κ2) is 9.22. The lowest BCUT2D eigenvalue weighted by Crippen LogP contribution is -3.11. The molecule has 2 atom stereocenters. The van der Waals surface area contributed by atoms with Crippen LogP contribution in [0.1, 0.15) is 44.5 Å². The normalized spacial score (nSPS) is 19.8. The van der Waals surface area contributed by atoms with E-state index < -0.39 is 0 Å². The summed E-state index contributed by atoms with van der Waals surface area (Å²) in [5, 5.41) is 0.574. The first-order valence-electron chi connectivity index (χ1n) is 10.7. The molecule has 158 valence electrons. The van der Waals surface area contributed by atoms with Gasteiger partial charge in [-0.3, -0.25) is 14.2 Å². The van der Waals surface area contributed by atoms with Gasteiger partial charge in [-0.25, -0.2) is 0 Å². The third kappa shape index (κ3) is 4.78. The third-order valence-corrected chi connectivity index (χ3v) is 6.40. The van der Waals surface area contributed by atoms with E-state index in [1.165, 1.54) is 4.90 Å². The number of likely N-dealkylation sites (tertiary alicyclic amines) is 1. The first-order chi connectivity index (χ1) is 13.8. The van der Waals surface area contributed by atoms with Crippen molar-refractivity contribution in [3.8, 4) is 0 Å². The van der Waals surface area contributed by atoms with Gasteiger partial charge in [-0.1, -0.05) is 13.8 Å². The SMILES string of the molecule is CC[NH+](CC)CCn1c(=S)[nH]c2cc(C(=O)N3CC(C)CC(C)C3)ccc2c1=O. The monoisotopic (exact) mass is 417 g/mol. The molecule has 2 unspecified atom stereocenters. The molecule has 0 bridgehead atoms. The maximum atomic E-state index is 13.0. The number of amides is 1. The number of carbonyl (C=O) groups is 1.